The van der Waals surface area contributed by atoms with E-state index < -0.39 is 0 Å². The second-order valence-electron chi connectivity index (χ2n) is 4.56. The topological polar surface area (TPSA) is 54.4 Å². The van der Waals surface area contributed by atoms with E-state index in [-0.39, 0.29) is 6.61 Å². The molecule has 4 nitrogen and oxygen atoms in total. The van der Waals surface area contributed by atoms with Crippen LogP contribution in [0.4, 0.5) is 5.82 Å². The van der Waals surface area contributed by atoms with Crippen LogP contribution in [-0.2, 0) is 0 Å². The van der Waals surface area contributed by atoms with Crippen LogP contribution < -0.4 is 10.1 Å². The Balaban J connectivity index is 2.36. The number of aliphatic hydroxyl groups is 1. The van der Waals surface area contributed by atoms with E-state index in [1.165, 1.54) is 0 Å². The average Bonchev–Trinajstić information content (AvgIpc) is 2.42. The smallest absolute Gasteiger partial charge is 0.168 e. The van der Waals surface area contributed by atoms with E-state index in [2.05, 4.69) is 24.1 Å². The van der Waals surface area contributed by atoms with E-state index in [0.717, 1.165) is 37.4 Å². The summed E-state index contributed by atoms with van der Waals surface area (Å²) in [7, 11) is 0. The van der Waals surface area contributed by atoms with Crippen LogP contribution in [0.2, 0.25) is 0 Å². The van der Waals surface area contributed by atoms with Gasteiger partial charge in [0.15, 0.2) is 11.6 Å². The summed E-state index contributed by atoms with van der Waals surface area (Å²) in [4.78, 5) is 4.28. The third kappa shape index (κ3) is 5.36. The van der Waals surface area contributed by atoms with Gasteiger partial charge in [-0.1, -0.05) is 13.8 Å². The zero-order chi connectivity index (χ0) is 13.2. The van der Waals surface area contributed by atoms with Crippen molar-refractivity contribution >= 4 is 5.82 Å². The first kappa shape index (κ1) is 14.8. The van der Waals surface area contributed by atoms with Gasteiger partial charge in [-0.25, -0.2) is 4.98 Å². The number of aliphatic hydroxyl groups excluding tert-OH is 1. The molecule has 4 heteroatoms. The highest BCUT2D eigenvalue weighted by atomic mass is 16.5. The maximum absolute atomic E-state index is 8.94. The molecule has 0 aliphatic heterocycles. The fraction of sp³-hybridized carbons (Fsp3) is 0.643. The number of rotatable bonds is 9. The molecule has 1 aromatic heterocycles. The van der Waals surface area contributed by atoms with Gasteiger partial charge in [-0.15, -0.1) is 0 Å². The minimum Gasteiger partial charge on any atom is -0.490 e. The van der Waals surface area contributed by atoms with Crippen LogP contribution in [0.25, 0.3) is 0 Å². The van der Waals surface area contributed by atoms with E-state index in [0.29, 0.717) is 12.5 Å². The normalized spacial score (nSPS) is 12.2. The number of nitrogens with one attached hydrogen (secondary N) is 1. The first-order valence-electron chi connectivity index (χ1n) is 6.70. The first-order chi connectivity index (χ1) is 8.77. The minimum atomic E-state index is 0.258. The summed E-state index contributed by atoms with van der Waals surface area (Å²) in [5, 5.41) is 12.2. The summed E-state index contributed by atoms with van der Waals surface area (Å²) in [5.74, 6) is 1.99. The van der Waals surface area contributed by atoms with Gasteiger partial charge in [0.05, 0.1) is 6.61 Å². The molecule has 0 aliphatic carbocycles. The summed E-state index contributed by atoms with van der Waals surface area (Å²) in [5.41, 5.74) is 0. The van der Waals surface area contributed by atoms with Crippen LogP contribution in [0.1, 0.15) is 33.1 Å². The fourth-order valence-electron chi connectivity index (χ4n) is 1.60. The third-order valence-electron chi connectivity index (χ3n) is 2.71. The molecule has 0 saturated heterocycles. The number of hydrogen-bond acceptors (Lipinski definition) is 4. The molecule has 1 unspecified atom stereocenters. The Morgan fingerprint density at radius 2 is 2.33 bits per heavy atom. The standard InChI is InChI=1S/C14H24N2O2/c1-3-10-18-13-7-5-9-16-14(13)15-8-4-6-12(2)11-17/h5,7,9,12,17H,3-4,6,8,10-11H2,1-2H3,(H,15,16). The molecule has 0 aliphatic rings. The second kappa shape index (κ2) is 8.75. The SMILES string of the molecule is CCCOc1cccnc1NCCCC(C)CO. The van der Waals surface area contributed by atoms with Crippen LogP contribution in [0, 0.1) is 5.92 Å². The van der Waals surface area contributed by atoms with Gasteiger partial charge in [-0.3, -0.25) is 0 Å². The summed E-state index contributed by atoms with van der Waals surface area (Å²) in [6, 6.07) is 3.81. The van der Waals surface area contributed by atoms with Crippen molar-refractivity contribution in [2.24, 2.45) is 5.92 Å². The summed E-state index contributed by atoms with van der Waals surface area (Å²) in [6.45, 7) is 5.95. The molecule has 1 aromatic rings. The molecule has 18 heavy (non-hydrogen) atoms. The lowest BCUT2D eigenvalue weighted by Crippen LogP contribution is -2.09. The van der Waals surface area contributed by atoms with Crippen molar-refractivity contribution in [1.29, 1.82) is 0 Å². The highest BCUT2D eigenvalue weighted by Crippen LogP contribution is 2.21. The van der Waals surface area contributed by atoms with E-state index in [4.69, 9.17) is 9.84 Å². The van der Waals surface area contributed by atoms with Crippen LogP contribution in [0.5, 0.6) is 5.75 Å². The zero-order valence-corrected chi connectivity index (χ0v) is 11.4. The highest BCUT2D eigenvalue weighted by Gasteiger charge is 2.04. The van der Waals surface area contributed by atoms with Gasteiger partial charge in [0.2, 0.25) is 0 Å². The second-order valence-corrected chi connectivity index (χ2v) is 4.56. The quantitative estimate of drug-likeness (QED) is 0.663. The highest BCUT2D eigenvalue weighted by molar-refractivity contribution is 5.49. The zero-order valence-electron chi connectivity index (χ0n) is 11.4. The van der Waals surface area contributed by atoms with Gasteiger partial charge in [0, 0.05) is 19.3 Å². The number of ether oxygens (including phenoxy) is 1. The summed E-state index contributed by atoms with van der Waals surface area (Å²) in [6.07, 6.45) is 4.78. The lowest BCUT2D eigenvalue weighted by atomic mass is 10.1. The number of anilines is 1. The van der Waals surface area contributed by atoms with E-state index in [1.54, 1.807) is 6.20 Å². The van der Waals surface area contributed by atoms with Crippen LogP contribution in [0.15, 0.2) is 18.3 Å². The number of aromatic nitrogens is 1. The van der Waals surface area contributed by atoms with Crippen LogP contribution in [0.3, 0.4) is 0 Å². The lowest BCUT2D eigenvalue weighted by Gasteiger charge is -2.12. The van der Waals surface area contributed by atoms with Crippen LogP contribution >= 0.6 is 0 Å². The van der Waals surface area contributed by atoms with Gasteiger partial charge in [0.1, 0.15) is 0 Å². The van der Waals surface area contributed by atoms with E-state index in [1.807, 2.05) is 12.1 Å². The molecule has 2 N–H and O–H groups in total. The maximum Gasteiger partial charge on any atom is 0.168 e. The number of pyridine rings is 1. The minimum absolute atomic E-state index is 0.258. The number of hydrogen-bond donors (Lipinski definition) is 2. The Hall–Kier alpha value is -1.29. The predicted molar refractivity (Wildman–Crippen MR) is 74.0 cm³/mol. The molecule has 0 saturated carbocycles. The maximum atomic E-state index is 8.94. The average molecular weight is 252 g/mol. The van der Waals surface area contributed by atoms with Crippen molar-refractivity contribution in [1.82, 2.24) is 4.98 Å². The van der Waals surface area contributed by atoms with Crippen molar-refractivity contribution in [3.63, 3.8) is 0 Å². The van der Waals surface area contributed by atoms with Gasteiger partial charge in [0.25, 0.3) is 0 Å². The van der Waals surface area contributed by atoms with Gasteiger partial charge < -0.3 is 15.2 Å². The first-order valence-corrected chi connectivity index (χ1v) is 6.70. The Labute approximate surface area is 109 Å². The molecule has 0 amide bonds. The molecule has 1 atom stereocenters. The van der Waals surface area contributed by atoms with Crippen molar-refractivity contribution in [3.05, 3.63) is 18.3 Å². The van der Waals surface area contributed by atoms with Gasteiger partial charge >= 0.3 is 0 Å². The summed E-state index contributed by atoms with van der Waals surface area (Å²) < 4.78 is 5.62. The van der Waals surface area contributed by atoms with Gasteiger partial charge in [-0.2, -0.15) is 0 Å². The molecule has 0 radical (unpaired) electrons. The fourth-order valence-corrected chi connectivity index (χ4v) is 1.60. The molecule has 0 spiro atoms. The van der Waals surface area contributed by atoms with Crippen molar-refractivity contribution in [2.75, 3.05) is 25.1 Å². The molecule has 0 fully saturated rings. The Kier molecular flexibility index (Phi) is 7.18. The Morgan fingerprint density at radius 1 is 1.50 bits per heavy atom. The van der Waals surface area contributed by atoms with Crippen molar-refractivity contribution in [2.45, 2.75) is 33.1 Å². The Morgan fingerprint density at radius 3 is 3.06 bits per heavy atom. The summed E-state index contributed by atoms with van der Waals surface area (Å²) >= 11 is 0. The van der Waals surface area contributed by atoms with Crippen LogP contribution in [-0.4, -0.2) is 29.8 Å². The molecular formula is C14H24N2O2. The molecule has 1 heterocycles. The number of nitrogens with zero attached hydrogens (tertiary/aromatic N) is 1. The lowest BCUT2D eigenvalue weighted by molar-refractivity contribution is 0.229. The monoisotopic (exact) mass is 252 g/mol. The third-order valence-corrected chi connectivity index (χ3v) is 2.71. The largest absolute Gasteiger partial charge is 0.490 e. The molecule has 0 bridgehead atoms. The predicted octanol–water partition coefficient (Wildman–Crippen LogP) is 2.69. The van der Waals surface area contributed by atoms with E-state index in [9.17, 15) is 0 Å². The Bertz CT molecular complexity index is 331. The van der Waals surface area contributed by atoms with Gasteiger partial charge in [-0.05, 0) is 37.3 Å². The molecule has 102 valence electrons. The van der Waals surface area contributed by atoms with Crippen molar-refractivity contribution in [3.8, 4) is 5.75 Å². The molecular weight excluding hydrogens is 228 g/mol. The molecule has 0 aromatic carbocycles. The van der Waals surface area contributed by atoms with Crippen molar-refractivity contribution < 1.29 is 9.84 Å². The molecule has 1 rings (SSSR count). The van der Waals surface area contributed by atoms with E-state index >= 15 is 0 Å².